The molecule has 0 saturated carbocycles. The Labute approximate surface area is 179 Å². The fourth-order valence-corrected chi connectivity index (χ4v) is 3.16. The number of carbonyl (C=O) groups excluding carboxylic acids is 1. The number of hydrogen-bond donors (Lipinski definition) is 1. The van der Waals surface area contributed by atoms with Gasteiger partial charge in [-0.05, 0) is 49.4 Å². The number of nitrogens with zero attached hydrogens (tertiary/aromatic N) is 3. The van der Waals surface area contributed by atoms with Gasteiger partial charge in [-0.15, -0.1) is 5.10 Å². The summed E-state index contributed by atoms with van der Waals surface area (Å²) < 4.78 is 7.16. The first-order valence-electron chi connectivity index (χ1n) is 9.46. The fourth-order valence-electron chi connectivity index (χ4n) is 2.97. The lowest BCUT2D eigenvalue weighted by atomic mass is 10.2. The van der Waals surface area contributed by atoms with Gasteiger partial charge in [0.2, 0.25) is 5.82 Å². The lowest BCUT2D eigenvalue weighted by Gasteiger charge is -2.07. The lowest BCUT2D eigenvalue weighted by Crippen LogP contribution is -2.14. The Kier molecular flexibility index (Phi) is 5.77. The molecule has 7 heteroatoms. The van der Waals surface area contributed by atoms with E-state index in [-0.39, 0.29) is 5.82 Å². The molecule has 0 bridgehead atoms. The number of carbonyl (C=O) groups is 1. The zero-order valence-corrected chi connectivity index (χ0v) is 17.0. The number of aromatic nitrogens is 3. The molecule has 0 saturated heterocycles. The second kappa shape index (κ2) is 8.80. The minimum Gasteiger partial charge on any atom is -0.494 e. The number of ether oxygens (including phenoxy) is 1. The molecule has 0 aliphatic heterocycles. The topological polar surface area (TPSA) is 69.0 Å². The molecule has 0 unspecified atom stereocenters. The minimum atomic E-state index is -0.417. The maximum absolute atomic E-state index is 12.8. The third kappa shape index (κ3) is 4.34. The van der Waals surface area contributed by atoms with Crippen LogP contribution in [0.1, 0.15) is 17.5 Å². The molecule has 0 radical (unpaired) electrons. The van der Waals surface area contributed by atoms with Crippen molar-refractivity contribution in [2.24, 2.45) is 0 Å². The first-order valence-corrected chi connectivity index (χ1v) is 9.84. The molecular formula is C23H19ClN4O2. The van der Waals surface area contributed by atoms with Crippen molar-refractivity contribution in [2.45, 2.75) is 6.92 Å². The first kappa shape index (κ1) is 19.7. The van der Waals surface area contributed by atoms with E-state index in [2.05, 4.69) is 15.4 Å². The highest BCUT2D eigenvalue weighted by molar-refractivity contribution is 6.30. The van der Waals surface area contributed by atoms with Crippen molar-refractivity contribution in [1.29, 1.82) is 0 Å². The van der Waals surface area contributed by atoms with E-state index in [0.29, 0.717) is 23.1 Å². The van der Waals surface area contributed by atoms with Crippen LogP contribution in [0.4, 0.5) is 5.69 Å². The van der Waals surface area contributed by atoms with Crippen LogP contribution in [0.3, 0.4) is 0 Å². The van der Waals surface area contributed by atoms with E-state index in [9.17, 15) is 4.79 Å². The molecule has 30 heavy (non-hydrogen) atoms. The Bertz CT molecular complexity index is 1160. The van der Waals surface area contributed by atoms with E-state index in [1.807, 2.05) is 61.5 Å². The number of anilines is 1. The zero-order valence-electron chi connectivity index (χ0n) is 16.2. The van der Waals surface area contributed by atoms with Crippen LogP contribution in [-0.4, -0.2) is 27.3 Å². The SMILES string of the molecule is CCOc1ccc(-n2nc(C(=O)Nc3cccc(Cl)c3)nc2-c2ccccc2)cc1. The predicted molar refractivity (Wildman–Crippen MR) is 117 cm³/mol. The Hall–Kier alpha value is -3.64. The summed E-state index contributed by atoms with van der Waals surface area (Å²) in [5, 5.41) is 7.79. The Morgan fingerprint density at radius 3 is 2.50 bits per heavy atom. The molecule has 1 heterocycles. The van der Waals surface area contributed by atoms with Gasteiger partial charge in [0.25, 0.3) is 5.91 Å². The van der Waals surface area contributed by atoms with E-state index >= 15 is 0 Å². The average Bonchev–Trinajstić information content (AvgIpc) is 3.21. The van der Waals surface area contributed by atoms with Crippen molar-refractivity contribution in [1.82, 2.24) is 14.8 Å². The van der Waals surface area contributed by atoms with Crippen molar-refractivity contribution in [2.75, 3.05) is 11.9 Å². The molecule has 1 aromatic heterocycles. The zero-order chi connectivity index (χ0) is 20.9. The van der Waals surface area contributed by atoms with Crippen molar-refractivity contribution < 1.29 is 9.53 Å². The number of hydrogen-bond acceptors (Lipinski definition) is 4. The number of benzene rings is 3. The summed E-state index contributed by atoms with van der Waals surface area (Å²) in [6.45, 7) is 2.52. The Morgan fingerprint density at radius 1 is 1.03 bits per heavy atom. The summed E-state index contributed by atoms with van der Waals surface area (Å²) in [6.07, 6.45) is 0. The predicted octanol–water partition coefficient (Wildman–Crippen LogP) is 5.24. The summed E-state index contributed by atoms with van der Waals surface area (Å²) in [5.41, 5.74) is 2.19. The monoisotopic (exact) mass is 418 g/mol. The smallest absolute Gasteiger partial charge is 0.295 e. The largest absolute Gasteiger partial charge is 0.494 e. The van der Waals surface area contributed by atoms with Gasteiger partial charge in [0.05, 0.1) is 12.3 Å². The van der Waals surface area contributed by atoms with Gasteiger partial charge in [0, 0.05) is 16.3 Å². The van der Waals surface area contributed by atoms with Gasteiger partial charge >= 0.3 is 0 Å². The molecule has 4 aromatic rings. The number of halogens is 1. The van der Waals surface area contributed by atoms with E-state index < -0.39 is 5.91 Å². The highest BCUT2D eigenvalue weighted by Crippen LogP contribution is 2.23. The van der Waals surface area contributed by atoms with Crippen LogP contribution in [0.15, 0.2) is 78.9 Å². The molecule has 0 aliphatic rings. The van der Waals surface area contributed by atoms with Crippen molar-refractivity contribution in [3.8, 4) is 22.8 Å². The van der Waals surface area contributed by atoms with E-state index in [0.717, 1.165) is 17.0 Å². The van der Waals surface area contributed by atoms with Crippen molar-refractivity contribution in [3.05, 3.63) is 89.7 Å². The summed E-state index contributed by atoms with van der Waals surface area (Å²) in [7, 11) is 0. The molecule has 150 valence electrons. The molecule has 0 aliphatic carbocycles. The number of nitrogens with one attached hydrogen (secondary N) is 1. The molecular weight excluding hydrogens is 400 g/mol. The molecule has 3 aromatic carbocycles. The van der Waals surface area contributed by atoms with Crippen LogP contribution < -0.4 is 10.1 Å². The molecule has 4 rings (SSSR count). The summed E-state index contributed by atoms with van der Waals surface area (Å²) in [6, 6.07) is 24.0. The molecule has 0 atom stereocenters. The molecule has 0 spiro atoms. The fraction of sp³-hybridized carbons (Fsp3) is 0.0870. The number of rotatable bonds is 6. The first-order chi connectivity index (χ1) is 14.6. The third-order valence-electron chi connectivity index (χ3n) is 4.32. The van der Waals surface area contributed by atoms with Gasteiger partial charge in [-0.25, -0.2) is 9.67 Å². The second-order valence-electron chi connectivity index (χ2n) is 6.43. The standard InChI is InChI=1S/C23H19ClN4O2/c1-2-30-20-13-11-19(12-14-20)28-22(16-7-4-3-5-8-16)26-21(27-28)23(29)25-18-10-6-9-17(24)15-18/h3-15H,2H2,1H3,(H,25,29). The Balaban J connectivity index is 1.71. The van der Waals surface area contributed by atoms with Crippen molar-refractivity contribution in [3.63, 3.8) is 0 Å². The van der Waals surface area contributed by atoms with Crippen LogP contribution in [0.2, 0.25) is 5.02 Å². The van der Waals surface area contributed by atoms with E-state index in [1.165, 1.54) is 0 Å². The molecule has 6 nitrogen and oxygen atoms in total. The third-order valence-corrected chi connectivity index (χ3v) is 4.55. The quantitative estimate of drug-likeness (QED) is 0.465. The van der Waals surface area contributed by atoms with Crippen LogP contribution in [-0.2, 0) is 0 Å². The minimum absolute atomic E-state index is 0.0581. The van der Waals surface area contributed by atoms with Gasteiger partial charge in [-0.3, -0.25) is 4.79 Å². The van der Waals surface area contributed by atoms with Gasteiger partial charge in [0.1, 0.15) is 5.75 Å². The van der Waals surface area contributed by atoms with Crippen LogP contribution in [0, 0.1) is 0 Å². The van der Waals surface area contributed by atoms with Crippen LogP contribution >= 0.6 is 11.6 Å². The average molecular weight is 419 g/mol. The lowest BCUT2D eigenvalue weighted by molar-refractivity contribution is 0.101. The summed E-state index contributed by atoms with van der Waals surface area (Å²) >= 11 is 6.00. The summed E-state index contributed by atoms with van der Waals surface area (Å²) in [5.74, 6) is 0.972. The van der Waals surface area contributed by atoms with Crippen molar-refractivity contribution >= 4 is 23.2 Å². The van der Waals surface area contributed by atoms with Gasteiger partial charge in [-0.2, -0.15) is 0 Å². The highest BCUT2D eigenvalue weighted by atomic mass is 35.5. The Morgan fingerprint density at radius 2 is 1.80 bits per heavy atom. The van der Waals surface area contributed by atoms with Gasteiger partial charge in [0.15, 0.2) is 5.82 Å². The maximum Gasteiger partial charge on any atom is 0.295 e. The maximum atomic E-state index is 12.8. The van der Waals surface area contributed by atoms with Gasteiger partial charge < -0.3 is 10.1 Å². The van der Waals surface area contributed by atoms with Crippen LogP contribution in [0.5, 0.6) is 5.75 Å². The summed E-state index contributed by atoms with van der Waals surface area (Å²) in [4.78, 5) is 17.3. The van der Waals surface area contributed by atoms with E-state index in [1.54, 1.807) is 28.9 Å². The van der Waals surface area contributed by atoms with Crippen LogP contribution in [0.25, 0.3) is 17.1 Å². The van der Waals surface area contributed by atoms with E-state index in [4.69, 9.17) is 16.3 Å². The highest BCUT2D eigenvalue weighted by Gasteiger charge is 2.19. The van der Waals surface area contributed by atoms with Gasteiger partial charge in [-0.1, -0.05) is 48.0 Å². The molecule has 1 N–H and O–H groups in total. The molecule has 0 fully saturated rings. The number of amides is 1. The molecule has 1 amide bonds. The normalized spacial score (nSPS) is 10.6. The second-order valence-corrected chi connectivity index (χ2v) is 6.86.